The van der Waals surface area contributed by atoms with E-state index >= 15 is 0 Å². The lowest BCUT2D eigenvalue weighted by atomic mass is 10.2. The van der Waals surface area contributed by atoms with Gasteiger partial charge in [0.05, 0.1) is 4.90 Å². The zero-order valence-electron chi connectivity index (χ0n) is 15.2. The number of guanidine groups is 1. The molecule has 6 nitrogen and oxygen atoms in total. The standard InChI is InChI=1S/C18H23ClN4O2S2/c1-20-18(22-10-11-26-16-8-6-15(19)7-9-16)23-13-14-4-3-5-17(12-14)27(24,25)21-2/h3-9,12,21H,10-11,13H2,1-2H3,(H2,20,22,23). The van der Waals surface area contributed by atoms with Crippen LogP contribution in [0.3, 0.4) is 0 Å². The molecule has 2 aromatic carbocycles. The van der Waals surface area contributed by atoms with Crippen molar-refractivity contribution in [3.05, 3.63) is 59.1 Å². The molecule has 0 aliphatic rings. The van der Waals surface area contributed by atoms with Gasteiger partial charge in [0, 0.05) is 35.8 Å². The molecule has 0 radical (unpaired) electrons. The van der Waals surface area contributed by atoms with Crippen molar-refractivity contribution in [2.75, 3.05) is 26.4 Å². The monoisotopic (exact) mass is 426 g/mol. The van der Waals surface area contributed by atoms with Crippen molar-refractivity contribution < 1.29 is 8.42 Å². The lowest BCUT2D eigenvalue weighted by Gasteiger charge is -2.12. The lowest BCUT2D eigenvalue weighted by Crippen LogP contribution is -2.38. The van der Waals surface area contributed by atoms with Crippen LogP contribution < -0.4 is 15.4 Å². The van der Waals surface area contributed by atoms with Crippen LogP contribution in [-0.4, -0.2) is 40.8 Å². The molecular weight excluding hydrogens is 404 g/mol. The van der Waals surface area contributed by atoms with Crippen LogP contribution in [0.25, 0.3) is 0 Å². The van der Waals surface area contributed by atoms with Gasteiger partial charge in [0.2, 0.25) is 10.0 Å². The highest BCUT2D eigenvalue weighted by molar-refractivity contribution is 7.99. The number of nitrogens with one attached hydrogen (secondary N) is 3. The molecule has 27 heavy (non-hydrogen) atoms. The van der Waals surface area contributed by atoms with E-state index in [1.807, 2.05) is 30.3 Å². The summed E-state index contributed by atoms with van der Waals surface area (Å²) in [6.07, 6.45) is 0. The molecule has 0 bridgehead atoms. The van der Waals surface area contributed by atoms with Crippen molar-refractivity contribution in [1.29, 1.82) is 0 Å². The van der Waals surface area contributed by atoms with Crippen LogP contribution in [-0.2, 0) is 16.6 Å². The predicted octanol–water partition coefficient (Wildman–Crippen LogP) is 2.71. The quantitative estimate of drug-likeness (QED) is 0.261. The number of hydrogen-bond acceptors (Lipinski definition) is 4. The highest BCUT2D eigenvalue weighted by Gasteiger charge is 2.11. The molecule has 0 fully saturated rings. The maximum Gasteiger partial charge on any atom is 0.240 e. The number of sulfonamides is 1. The average Bonchev–Trinajstić information content (AvgIpc) is 2.69. The fourth-order valence-corrected chi connectivity index (χ4v) is 3.91. The van der Waals surface area contributed by atoms with Gasteiger partial charge in [0.25, 0.3) is 0 Å². The van der Waals surface area contributed by atoms with Gasteiger partial charge in [0.1, 0.15) is 0 Å². The Morgan fingerprint density at radius 3 is 2.56 bits per heavy atom. The van der Waals surface area contributed by atoms with E-state index in [9.17, 15) is 8.42 Å². The first kappa shape index (κ1) is 21.6. The van der Waals surface area contributed by atoms with Crippen LogP contribution >= 0.6 is 23.4 Å². The SMILES string of the molecule is CN=C(NCCSc1ccc(Cl)cc1)NCc1cccc(S(=O)(=O)NC)c1. The van der Waals surface area contributed by atoms with Crippen LogP contribution in [0.1, 0.15) is 5.56 Å². The van der Waals surface area contributed by atoms with Gasteiger partial charge in [-0.1, -0.05) is 23.7 Å². The Labute approximate surface area is 169 Å². The number of aliphatic imine (C=N–C) groups is 1. The predicted molar refractivity (Wildman–Crippen MR) is 113 cm³/mol. The third kappa shape index (κ3) is 7.06. The molecule has 0 amide bonds. The zero-order chi connectivity index (χ0) is 19.7. The molecular formula is C18H23ClN4O2S2. The first-order chi connectivity index (χ1) is 12.9. The summed E-state index contributed by atoms with van der Waals surface area (Å²) >= 11 is 7.60. The number of nitrogens with zero attached hydrogens (tertiary/aromatic N) is 1. The van der Waals surface area contributed by atoms with Gasteiger partial charge in [-0.25, -0.2) is 13.1 Å². The van der Waals surface area contributed by atoms with Gasteiger partial charge >= 0.3 is 0 Å². The summed E-state index contributed by atoms with van der Waals surface area (Å²) in [6, 6.07) is 14.5. The number of hydrogen-bond donors (Lipinski definition) is 3. The zero-order valence-corrected chi connectivity index (χ0v) is 17.6. The highest BCUT2D eigenvalue weighted by Crippen LogP contribution is 2.19. The van der Waals surface area contributed by atoms with Gasteiger partial charge in [-0.3, -0.25) is 4.99 Å². The summed E-state index contributed by atoms with van der Waals surface area (Å²) in [5.41, 5.74) is 0.852. The van der Waals surface area contributed by atoms with Crippen molar-refractivity contribution >= 4 is 39.3 Å². The minimum Gasteiger partial charge on any atom is -0.356 e. The molecule has 146 valence electrons. The number of rotatable bonds is 8. The van der Waals surface area contributed by atoms with E-state index in [0.717, 1.165) is 27.8 Å². The number of benzene rings is 2. The number of thioether (sulfide) groups is 1. The van der Waals surface area contributed by atoms with E-state index in [0.29, 0.717) is 12.5 Å². The minimum atomic E-state index is -3.45. The van der Waals surface area contributed by atoms with Crippen LogP contribution in [0.4, 0.5) is 0 Å². The average molecular weight is 427 g/mol. The minimum absolute atomic E-state index is 0.242. The fourth-order valence-electron chi connectivity index (χ4n) is 2.22. The fraction of sp³-hybridized carbons (Fsp3) is 0.278. The molecule has 0 atom stereocenters. The summed E-state index contributed by atoms with van der Waals surface area (Å²) in [5, 5.41) is 7.15. The Kier molecular flexibility index (Phi) is 8.43. The first-order valence-electron chi connectivity index (χ1n) is 8.30. The van der Waals surface area contributed by atoms with Crippen LogP contribution in [0.5, 0.6) is 0 Å². The van der Waals surface area contributed by atoms with Crippen molar-refractivity contribution in [3.8, 4) is 0 Å². The van der Waals surface area contributed by atoms with Crippen LogP contribution in [0.15, 0.2) is 63.3 Å². The summed E-state index contributed by atoms with van der Waals surface area (Å²) < 4.78 is 26.1. The molecule has 0 spiro atoms. The molecule has 0 aliphatic carbocycles. The molecule has 0 aromatic heterocycles. The van der Waals surface area contributed by atoms with Crippen molar-refractivity contribution in [3.63, 3.8) is 0 Å². The third-order valence-electron chi connectivity index (χ3n) is 3.64. The molecule has 0 saturated heterocycles. The van der Waals surface area contributed by atoms with Crippen molar-refractivity contribution in [1.82, 2.24) is 15.4 Å². The van der Waals surface area contributed by atoms with E-state index in [1.54, 1.807) is 37.0 Å². The maximum atomic E-state index is 11.9. The van der Waals surface area contributed by atoms with Gasteiger partial charge in [-0.15, -0.1) is 11.8 Å². The summed E-state index contributed by atoms with van der Waals surface area (Å²) in [6.45, 7) is 1.21. The molecule has 2 rings (SSSR count). The molecule has 0 aliphatic heterocycles. The molecule has 0 heterocycles. The molecule has 0 unspecified atom stereocenters. The van der Waals surface area contributed by atoms with Gasteiger partial charge < -0.3 is 10.6 Å². The Morgan fingerprint density at radius 1 is 1.15 bits per heavy atom. The Bertz CT molecular complexity index is 871. The largest absolute Gasteiger partial charge is 0.356 e. The van der Waals surface area contributed by atoms with Crippen molar-refractivity contribution in [2.24, 2.45) is 4.99 Å². The van der Waals surface area contributed by atoms with Crippen LogP contribution in [0.2, 0.25) is 5.02 Å². The molecule has 0 saturated carbocycles. The van der Waals surface area contributed by atoms with E-state index in [4.69, 9.17) is 11.6 Å². The Balaban J connectivity index is 1.80. The van der Waals surface area contributed by atoms with E-state index in [-0.39, 0.29) is 4.90 Å². The van der Waals surface area contributed by atoms with Gasteiger partial charge in [-0.05, 0) is 49.0 Å². The van der Waals surface area contributed by atoms with Crippen LogP contribution in [0, 0.1) is 0 Å². The number of halogens is 1. The summed E-state index contributed by atoms with van der Waals surface area (Å²) in [4.78, 5) is 5.58. The topological polar surface area (TPSA) is 82.6 Å². The van der Waals surface area contributed by atoms with Gasteiger partial charge in [0.15, 0.2) is 5.96 Å². The van der Waals surface area contributed by atoms with E-state index in [1.165, 1.54) is 7.05 Å². The second kappa shape index (κ2) is 10.6. The van der Waals surface area contributed by atoms with E-state index in [2.05, 4.69) is 20.3 Å². The summed E-state index contributed by atoms with van der Waals surface area (Å²) in [7, 11) is -0.351. The second-order valence-electron chi connectivity index (χ2n) is 5.51. The molecule has 3 N–H and O–H groups in total. The Hall–Kier alpha value is -1.74. The smallest absolute Gasteiger partial charge is 0.240 e. The maximum absolute atomic E-state index is 11.9. The second-order valence-corrected chi connectivity index (χ2v) is 9.00. The Morgan fingerprint density at radius 2 is 1.89 bits per heavy atom. The third-order valence-corrected chi connectivity index (χ3v) is 6.32. The lowest BCUT2D eigenvalue weighted by molar-refractivity contribution is 0.588. The van der Waals surface area contributed by atoms with Gasteiger partial charge in [-0.2, -0.15) is 0 Å². The molecule has 9 heteroatoms. The molecule has 2 aromatic rings. The highest BCUT2D eigenvalue weighted by atomic mass is 35.5. The van der Waals surface area contributed by atoms with E-state index < -0.39 is 10.0 Å². The summed E-state index contributed by atoms with van der Waals surface area (Å²) in [5.74, 6) is 1.53. The first-order valence-corrected chi connectivity index (χ1v) is 11.1. The van der Waals surface area contributed by atoms with Crippen molar-refractivity contribution in [2.45, 2.75) is 16.3 Å². The normalized spacial score (nSPS) is 12.0.